The molecular formula is C18H20N2O3. The molecule has 0 aromatic heterocycles. The van der Waals surface area contributed by atoms with Crippen molar-refractivity contribution in [3.8, 4) is 5.75 Å². The van der Waals surface area contributed by atoms with Crippen LogP contribution in [0, 0.1) is 6.92 Å². The first-order valence-corrected chi connectivity index (χ1v) is 7.33. The molecule has 2 N–H and O–H groups in total. The molecule has 120 valence electrons. The molecule has 2 rings (SSSR count). The van der Waals surface area contributed by atoms with Crippen LogP contribution in [0.5, 0.6) is 5.75 Å². The van der Waals surface area contributed by atoms with Crippen molar-refractivity contribution in [2.45, 2.75) is 13.5 Å². The van der Waals surface area contributed by atoms with Crippen LogP contribution < -0.4 is 15.4 Å². The van der Waals surface area contributed by atoms with Gasteiger partial charge in [0.1, 0.15) is 5.75 Å². The fourth-order valence-electron chi connectivity index (χ4n) is 2.09. The SMILES string of the molecule is COc1cccc(C(=O)NCC(=O)NCc2ccccc2C)c1. The van der Waals surface area contributed by atoms with Gasteiger partial charge in [-0.05, 0) is 36.2 Å². The lowest BCUT2D eigenvalue weighted by molar-refractivity contribution is -0.120. The average molecular weight is 312 g/mol. The van der Waals surface area contributed by atoms with E-state index in [0.717, 1.165) is 11.1 Å². The van der Waals surface area contributed by atoms with Crippen molar-refractivity contribution in [3.63, 3.8) is 0 Å². The number of rotatable bonds is 6. The third-order valence-electron chi connectivity index (χ3n) is 3.48. The lowest BCUT2D eigenvalue weighted by Gasteiger charge is -2.09. The Balaban J connectivity index is 1.82. The Morgan fingerprint density at radius 2 is 1.83 bits per heavy atom. The molecule has 0 heterocycles. The Labute approximate surface area is 135 Å². The zero-order valence-corrected chi connectivity index (χ0v) is 13.3. The highest BCUT2D eigenvalue weighted by molar-refractivity contribution is 5.96. The maximum atomic E-state index is 12.0. The second kappa shape index (κ2) is 7.98. The summed E-state index contributed by atoms with van der Waals surface area (Å²) in [5, 5.41) is 5.39. The van der Waals surface area contributed by atoms with Gasteiger partial charge in [-0.2, -0.15) is 0 Å². The van der Waals surface area contributed by atoms with E-state index in [9.17, 15) is 9.59 Å². The van der Waals surface area contributed by atoms with Crippen molar-refractivity contribution in [1.29, 1.82) is 0 Å². The van der Waals surface area contributed by atoms with Gasteiger partial charge < -0.3 is 15.4 Å². The summed E-state index contributed by atoms with van der Waals surface area (Å²) in [6, 6.07) is 14.6. The predicted octanol–water partition coefficient (Wildman–Crippen LogP) is 2.05. The molecule has 5 nitrogen and oxygen atoms in total. The molecule has 2 aromatic rings. The standard InChI is InChI=1S/C18H20N2O3/c1-13-6-3-4-7-15(13)11-19-17(21)12-20-18(22)14-8-5-9-16(10-14)23-2/h3-10H,11-12H2,1-2H3,(H,19,21)(H,20,22). The number of aryl methyl sites for hydroxylation is 1. The maximum absolute atomic E-state index is 12.0. The number of methoxy groups -OCH3 is 1. The maximum Gasteiger partial charge on any atom is 0.251 e. The topological polar surface area (TPSA) is 67.4 Å². The van der Waals surface area contributed by atoms with Crippen molar-refractivity contribution in [1.82, 2.24) is 10.6 Å². The monoisotopic (exact) mass is 312 g/mol. The number of hydrogen-bond acceptors (Lipinski definition) is 3. The summed E-state index contributed by atoms with van der Waals surface area (Å²) in [4.78, 5) is 23.8. The fraction of sp³-hybridized carbons (Fsp3) is 0.222. The highest BCUT2D eigenvalue weighted by Gasteiger charge is 2.09. The number of ether oxygens (including phenoxy) is 1. The molecule has 0 atom stereocenters. The molecule has 0 spiro atoms. The molecule has 0 unspecified atom stereocenters. The minimum Gasteiger partial charge on any atom is -0.497 e. The van der Waals surface area contributed by atoms with Crippen LogP contribution in [-0.2, 0) is 11.3 Å². The number of amides is 2. The van der Waals surface area contributed by atoms with Gasteiger partial charge >= 0.3 is 0 Å². The number of hydrogen-bond donors (Lipinski definition) is 2. The first-order chi connectivity index (χ1) is 11.1. The summed E-state index contributed by atoms with van der Waals surface area (Å²) in [5.74, 6) is 0.0566. The Hall–Kier alpha value is -2.82. The van der Waals surface area contributed by atoms with E-state index in [4.69, 9.17) is 4.74 Å². The van der Waals surface area contributed by atoms with Gasteiger partial charge in [0, 0.05) is 12.1 Å². The van der Waals surface area contributed by atoms with Crippen LogP contribution in [0.3, 0.4) is 0 Å². The van der Waals surface area contributed by atoms with Crippen LogP contribution >= 0.6 is 0 Å². The fourth-order valence-corrected chi connectivity index (χ4v) is 2.09. The molecule has 23 heavy (non-hydrogen) atoms. The number of nitrogens with one attached hydrogen (secondary N) is 2. The third-order valence-corrected chi connectivity index (χ3v) is 3.48. The van der Waals surface area contributed by atoms with Gasteiger partial charge in [-0.15, -0.1) is 0 Å². The van der Waals surface area contributed by atoms with Crippen LogP contribution in [0.2, 0.25) is 0 Å². The molecule has 0 bridgehead atoms. The molecule has 2 aromatic carbocycles. The lowest BCUT2D eigenvalue weighted by atomic mass is 10.1. The predicted molar refractivity (Wildman–Crippen MR) is 88.4 cm³/mol. The van der Waals surface area contributed by atoms with E-state index in [2.05, 4.69) is 10.6 Å². The summed E-state index contributed by atoms with van der Waals surface area (Å²) < 4.78 is 5.07. The molecule has 0 fully saturated rings. The van der Waals surface area contributed by atoms with Crippen molar-refractivity contribution in [2.24, 2.45) is 0 Å². The van der Waals surface area contributed by atoms with E-state index >= 15 is 0 Å². The normalized spacial score (nSPS) is 10.0. The Kier molecular flexibility index (Phi) is 5.74. The summed E-state index contributed by atoms with van der Waals surface area (Å²) in [5.41, 5.74) is 2.63. The van der Waals surface area contributed by atoms with E-state index in [0.29, 0.717) is 17.9 Å². The molecule has 0 aliphatic heterocycles. The van der Waals surface area contributed by atoms with Gasteiger partial charge in [0.25, 0.3) is 5.91 Å². The summed E-state index contributed by atoms with van der Waals surface area (Å²) in [7, 11) is 1.54. The molecule has 0 saturated heterocycles. The van der Waals surface area contributed by atoms with Crippen molar-refractivity contribution >= 4 is 11.8 Å². The van der Waals surface area contributed by atoms with E-state index in [1.165, 1.54) is 7.11 Å². The van der Waals surface area contributed by atoms with Gasteiger partial charge in [-0.3, -0.25) is 9.59 Å². The smallest absolute Gasteiger partial charge is 0.251 e. The second-order valence-electron chi connectivity index (χ2n) is 5.12. The zero-order chi connectivity index (χ0) is 16.7. The Morgan fingerprint density at radius 1 is 1.04 bits per heavy atom. The van der Waals surface area contributed by atoms with Crippen LogP contribution in [0.25, 0.3) is 0 Å². The minimum absolute atomic E-state index is 0.0675. The van der Waals surface area contributed by atoms with Crippen molar-refractivity contribution in [3.05, 3.63) is 65.2 Å². The first kappa shape index (κ1) is 16.5. The highest BCUT2D eigenvalue weighted by atomic mass is 16.5. The van der Waals surface area contributed by atoms with Crippen molar-refractivity contribution < 1.29 is 14.3 Å². The Morgan fingerprint density at radius 3 is 2.57 bits per heavy atom. The lowest BCUT2D eigenvalue weighted by Crippen LogP contribution is -2.36. The van der Waals surface area contributed by atoms with Crippen molar-refractivity contribution in [2.75, 3.05) is 13.7 Å². The second-order valence-corrected chi connectivity index (χ2v) is 5.12. The first-order valence-electron chi connectivity index (χ1n) is 7.33. The summed E-state index contributed by atoms with van der Waals surface area (Å²) in [6.45, 7) is 2.37. The van der Waals surface area contributed by atoms with Gasteiger partial charge in [0.15, 0.2) is 0 Å². The van der Waals surface area contributed by atoms with Crippen LogP contribution in [0.15, 0.2) is 48.5 Å². The molecule has 2 amide bonds. The van der Waals surface area contributed by atoms with E-state index in [-0.39, 0.29) is 18.4 Å². The third kappa shape index (κ3) is 4.85. The van der Waals surface area contributed by atoms with Crippen LogP contribution in [0.1, 0.15) is 21.5 Å². The number of carbonyl (C=O) groups is 2. The van der Waals surface area contributed by atoms with Gasteiger partial charge in [0.05, 0.1) is 13.7 Å². The summed E-state index contributed by atoms with van der Waals surface area (Å²) >= 11 is 0. The quantitative estimate of drug-likeness (QED) is 0.858. The molecule has 0 radical (unpaired) electrons. The van der Waals surface area contributed by atoms with Crippen LogP contribution in [0.4, 0.5) is 0 Å². The van der Waals surface area contributed by atoms with Crippen LogP contribution in [-0.4, -0.2) is 25.5 Å². The van der Waals surface area contributed by atoms with Gasteiger partial charge in [0.2, 0.25) is 5.91 Å². The molecule has 0 aliphatic carbocycles. The molecule has 5 heteroatoms. The van der Waals surface area contributed by atoms with E-state index in [1.54, 1.807) is 24.3 Å². The largest absolute Gasteiger partial charge is 0.497 e. The number of carbonyl (C=O) groups excluding carboxylic acids is 2. The van der Waals surface area contributed by atoms with E-state index < -0.39 is 0 Å². The highest BCUT2D eigenvalue weighted by Crippen LogP contribution is 2.12. The summed E-state index contributed by atoms with van der Waals surface area (Å²) in [6.07, 6.45) is 0. The van der Waals surface area contributed by atoms with Gasteiger partial charge in [-0.25, -0.2) is 0 Å². The van der Waals surface area contributed by atoms with E-state index in [1.807, 2.05) is 31.2 Å². The Bertz CT molecular complexity index is 698. The van der Waals surface area contributed by atoms with Gasteiger partial charge in [-0.1, -0.05) is 30.3 Å². The molecule has 0 saturated carbocycles. The average Bonchev–Trinajstić information content (AvgIpc) is 2.59. The minimum atomic E-state index is -0.310. The zero-order valence-electron chi connectivity index (χ0n) is 13.3. The molecule has 0 aliphatic rings. The number of benzene rings is 2. The molecular weight excluding hydrogens is 292 g/mol.